The van der Waals surface area contributed by atoms with Crippen LogP contribution in [0.3, 0.4) is 0 Å². The van der Waals surface area contributed by atoms with E-state index in [4.69, 9.17) is 5.41 Å². The molecule has 1 aliphatic rings. The van der Waals surface area contributed by atoms with Crippen LogP contribution in [0.4, 0.5) is 0 Å². The maximum atomic E-state index is 7.44. The molecule has 60 valence electrons. The van der Waals surface area contributed by atoms with E-state index in [1.807, 2.05) is 6.08 Å². The van der Waals surface area contributed by atoms with Crippen LogP contribution in [0.15, 0.2) is 23.8 Å². The molecule has 1 rings (SSSR count). The summed E-state index contributed by atoms with van der Waals surface area (Å²) in [5.74, 6) is 0.595. The molecule has 1 nitrogen and oxygen atoms in total. The van der Waals surface area contributed by atoms with Crippen LogP contribution >= 0.6 is 0 Å². The van der Waals surface area contributed by atoms with Gasteiger partial charge in [-0.15, -0.1) is 0 Å². The molecule has 0 amide bonds. The molecule has 11 heavy (non-hydrogen) atoms. The molecule has 0 bridgehead atoms. The Bertz CT molecular complexity index is 209. The van der Waals surface area contributed by atoms with Crippen LogP contribution in [0.1, 0.15) is 26.7 Å². The number of hydrogen-bond acceptors (Lipinski definition) is 1. The maximum absolute atomic E-state index is 7.44. The summed E-state index contributed by atoms with van der Waals surface area (Å²) in [6.07, 6.45) is 8.15. The Kier molecular flexibility index (Phi) is 2.64. The second-order valence-electron chi connectivity index (χ2n) is 3.26. The summed E-state index contributed by atoms with van der Waals surface area (Å²) >= 11 is 0. The van der Waals surface area contributed by atoms with Crippen molar-refractivity contribution in [2.24, 2.45) is 5.92 Å². The van der Waals surface area contributed by atoms with Crippen LogP contribution in [0.5, 0.6) is 0 Å². The largest absolute Gasteiger partial charge is 0.305 e. The minimum Gasteiger partial charge on any atom is -0.305 e. The van der Waals surface area contributed by atoms with E-state index >= 15 is 0 Å². The van der Waals surface area contributed by atoms with Gasteiger partial charge in [0.1, 0.15) is 0 Å². The summed E-state index contributed by atoms with van der Waals surface area (Å²) < 4.78 is 0. The predicted octanol–water partition coefficient (Wildman–Crippen LogP) is 2.94. The van der Waals surface area contributed by atoms with Gasteiger partial charge in [-0.25, -0.2) is 0 Å². The second-order valence-corrected chi connectivity index (χ2v) is 3.26. The number of rotatable bonds is 1. The third kappa shape index (κ3) is 2.34. The van der Waals surface area contributed by atoms with Gasteiger partial charge in [-0.05, 0) is 30.4 Å². The first-order valence-corrected chi connectivity index (χ1v) is 4.15. The molecule has 0 aliphatic heterocycles. The average molecular weight is 149 g/mol. The molecule has 1 aliphatic carbocycles. The topological polar surface area (TPSA) is 23.9 Å². The first-order chi connectivity index (χ1) is 5.20. The van der Waals surface area contributed by atoms with E-state index in [0.29, 0.717) is 5.92 Å². The van der Waals surface area contributed by atoms with E-state index in [2.05, 4.69) is 26.0 Å². The lowest BCUT2D eigenvalue weighted by molar-refractivity contribution is 0.785. The van der Waals surface area contributed by atoms with E-state index in [-0.39, 0.29) is 0 Å². The average Bonchev–Trinajstić information content (AvgIpc) is 2.13. The molecule has 0 aromatic heterocycles. The molecule has 0 heterocycles. The zero-order valence-corrected chi connectivity index (χ0v) is 7.22. The van der Waals surface area contributed by atoms with E-state index in [0.717, 1.165) is 18.6 Å². The highest BCUT2D eigenvalue weighted by Gasteiger charge is 2.02. The molecule has 0 radical (unpaired) electrons. The third-order valence-electron chi connectivity index (χ3n) is 1.94. The minimum absolute atomic E-state index is 0.595. The van der Waals surface area contributed by atoms with Gasteiger partial charge in [-0.1, -0.05) is 26.0 Å². The summed E-state index contributed by atoms with van der Waals surface area (Å²) in [6.45, 7) is 4.37. The Labute approximate surface area is 68.3 Å². The van der Waals surface area contributed by atoms with Gasteiger partial charge in [-0.2, -0.15) is 0 Å². The Morgan fingerprint density at radius 3 is 2.73 bits per heavy atom. The predicted molar refractivity (Wildman–Crippen MR) is 49.0 cm³/mol. The van der Waals surface area contributed by atoms with Crippen LogP contribution in [0, 0.1) is 11.3 Å². The summed E-state index contributed by atoms with van der Waals surface area (Å²) in [5.41, 5.74) is 2.11. The number of allylic oxidation sites excluding steroid dienone is 4. The van der Waals surface area contributed by atoms with Crippen LogP contribution in [-0.2, 0) is 0 Å². The normalized spacial score (nSPS) is 18.5. The van der Waals surface area contributed by atoms with Crippen molar-refractivity contribution in [2.75, 3.05) is 0 Å². The Morgan fingerprint density at radius 1 is 1.36 bits per heavy atom. The quantitative estimate of drug-likeness (QED) is 0.592. The molecule has 0 spiro atoms. The fourth-order valence-corrected chi connectivity index (χ4v) is 1.17. The zero-order chi connectivity index (χ0) is 8.27. The van der Waals surface area contributed by atoms with Gasteiger partial charge in [0.05, 0.1) is 0 Å². The molecule has 1 N–H and O–H groups in total. The monoisotopic (exact) mass is 149 g/mol. The smallest absolute Gasteiger partial charge is 0.0317 e. The van der Waals surface area contributed by atoms with Crippen molar-refractivity contribution in [1.82, 2.24) is 0 Å². The van der Waals surface area contributed by atoms with Crippen molar-refractivity contribution in [1.29, 1.82) is 5.41 Å². The van der Waals surface area contributed by atoms with Crippen molar-refractivity contribution in [3.63, 3.8) is 0 Å². The summed E-state index contributed by atoms with van der Waals surface area (Å²) in [7, 11) is 0. The van der Waals surface area contributed by atoms with Crippen LogP contribution < -0.4 is 0 Å². The number of hydrogen-bond donors (Lipinski definition) is 1. The van der Waals surface area contributed by atoms with Crippen molar-refractivity contribution in [2.45, 2.75) is 26.7 Å². The minimum atomic E-state index is 0.595. The molecule has 0 aromatic carbocycles. The van der Waals surface area contributed by atoms with Gasteiger partial charge < -0.3 is 5.41 Å². The lowest BCUT2D eigenvalue weighted by atomic mass is 10.0. The van der Waals surface area contributed by atoms with Crippen LogP contribution in [0.25, 0.3) is 0 Å². The Balaban J connectivity index is 2.72. The summed E-state index contributed by atoms with van der Waals surface area (Å²) in [5, 5.41) is 7.44. The van der Waals surface area contributed by atoms with Crippen LogP contribution in [0.2, 0.25) is 0 Å². The number of nitrogens with one attached hydrogen (secondary N) is 1. The van der Waals surface area contributed by atoms with Crippen LogP contribution in [-0.4, -0.2) is 5.71 Å². The summed E-state index contributed by atoms with van der Waals surface area (Å²) in [6, 6.07) is 0. The lowest BCUT2D eigenvalue weighted by Crippen LogP contribution is -1.88. The molecular weight excluding hydrogens is 134 g/mol. The molecule has 0 aromatic rings. The fourth-order valence-electron chi connectivity index (χ4n) is 1.17. The van der Waals surface area contributed by atoms with Gasteiger partial charge >= 0.3 is 0 Å². The Hall–Kier alpha value is -0.850. The molecule has 0 atom stereocenters. The highest BCUT2D eigenvalue weighted by molar-refractivity contribution is 5.93. The molecule has 0 saturated carbocycles. The third-order valence-corrected chi connectivity index (χ3v) is 1.94. The van der Waals surface area contributed by atoms with E-state index < -0.39 is 0 Å². The fraction of sp³-hybridized carbons (Fsp3) is 0.500. The van der Waals surface area contributed by atoms with E-state index in [1.165, 1.54) is 5.57 Å². The van der Waals surface area contributed by atoms with Crippen molar-refractivity contribution in [3.05, 3.63) is 23.8 Å². The first-order valence-electron chi connectivity index (χ1n) is 4.15. The van der Waals surface area contributed by atoms with Gasteiger partial charge in [0.15, 0.2) is 0 Å². The zero-order valence-electron chi connectivity index (χ0n) is 7.22. The lowest BCUT2D eigenvalue weighted by Gasteiger charge is -2.03. The van der Waals surface area contributed by atoms with Gasteiger partial charge in [0.2, 0.25) is 0 Å². The molecule has 0 fully saturated rings. The van der Waals surface area contributed by atoms with Gasteiger partial charge in [0, 0.05) is 5.71 Å². The van der Waals surface area contributed by atoms with Gasteiger partial charge in [-0.3, -0.25) is 0 Å². The summed E-state index contributed by atoms with van der Waals surface area (Å²) in [4.78, 5) is 0. The van der Waals surface area contributed by atoms with Crippen molar-refractivity contribution in [3.8, 4) is 0 Å². The molecule has 0 saturated heterocycles. The molecule has 1 heteroatoms. The molecule has 0 unspecified atom stereocenters. The van der Waals surface area contributed by atoms with Crippen molar-refractivity contribution < 1.29 is 0 Å². The Morgan fingerprint density at radius 2 is 2.09 bits per heavy atom. The highest BCUT2D eigenvalue weighted by Crippen LogP contribution is 2.15. The first kappa shape index (κ1) is 8.25. The van der Waals surface area contributed by atoms with Gasteiger partial charge in [0.25, 0.3) is 0 Å². The molecular formula is C10H15N. The standard InChI is InChI=1S/C10H15N/c1-8(2)9-4-3-5-10(11)7-6-9/h4,6-8,11H,3,5H2,1-2H3. The van der Waals surface area contributed by atoms with E-state index in [9.17, 15) is 0 Å². The van der Waals surface area contributed by atoms with Crippen molar-refractivity contribution >= 4 is 5.71 Å². The maximum Gasteiger partial charge on any atom is 0.0317 e. The SMILES string of the molecule is CC(C)C1=CCCC(=N)C=C1. The second kappa shape index (κ2) is 3.51. The van der Waals surface area contributed by atoms with E-state index in [1.54, 1.807) is 0 Å². The highest BCUT2D eigenvalue weighted by atomic mass is 14.4.